The van der Waals surface area contributed by atoms with E-state index in [1.54, 1.807) is 6.07 Å². The molecule has 0 aliphatic rings. The fourth-order valence-corrected chi connectivity index (χ4v) is 3.06. The molecular weight excluding hydrogens is 393 g/mol. The van der Waals surface area contributed by atoms with Crippen molar-refractivity contribution in [1.82, 2.24) is 0 Å². The molecule has 1 atom stereocenters. The van der Waals surface area contributed by atoms with Crippen molar-refractivity contribution in [2.45, 2.75) is 13.0 Å². The van der Waals surface area contributed by atoms with Crippen LogP contribution in [0.2, 0.25) is 5.02 Å². The van der Waals surface area contributed by atoms with E-state index >= 15 is 0 Å². The minimum atomic E-state index is -0.0281. The molecule has 0 spiro atoms. The number of hydrogen-bond donors (Lipinski definition) is 1. The second kappa shape index (κ2) is 6.27. The zero-order chi connectivity index (χ0) is 14.0. The molecular formula is C14H12Br2ClNO. The highest BCUT2D eigenvalue weighted by Gasteiger charge is 2.08. The van der Waals surface area contributed by atoms with E-state index in [0.717, 1.165) is 14.5 Å². The van der Waals surface area contributed by atoms with Gasteiger partial charge in [-0.15, -0.1) is 0 Å². The molecule has 0 fully saturated rings. The third-order valence-electron chi connectivity index (χ3n) is 2.58. The van der Waals surface area contributed by atoms with E-state index < -0.39 is 0 Å². The predicted molar refractivity (Wildman–Crippen MR) is 86.0 cm³/mol. The van der Waals surface area contributed by atoms with Crippen LogP contribution in [0.25, 0.3) is 0 Å². The van der Waals surface area contributed by atoms with Crippen LogP contribution in [-0.4, -0.2) is 0 Å². The topological polar surface area (TPSA) is 35.2 Å². The first-order valence-electron chi connectivity index (χ1n) is 5.65. The maximum atomic E-state index is 6.11. The van der Waals surface area contributed by atoms with Gasteiger partial charge in [-0.2, -0.15) is 0 Å². The lowest BCUT2D eigenvalue weighted by molar-refractivity contribution is 0.482. The normalized spacial score (nSPS) is 12.3. The van der Waals surface area contributed by atoms with Crippen LogP contribution in [0.4, 0.5) is 0 Å². The summed E-state index contributed by atoms with van der Waals surface area (Å²) in [6.07, 6.45) is 0. The number of halogens is 3. The van der Waals surface area contributed by atoms with Crippen LogP contribution in [-0.2, 0) is 0 Å². The first kappa shape index (κ1) is 14.9. The maximum Gasteiger partial charge on any atom is 0.146 e. The number of benzene rings is 2. The maximum absolute atomic E-state index is 6.11. The fourth-order valence-electron chi connectivity index (χ4n) is 1.63. The molecule has 0 bridgehead atoms. The van der Waals surface area contributed by atoms with E-state index in [1.807, 2.05) is 37.3 Å². The van der Waals surface area contributed by atoms with Crippen molar-refractivity contribution in [3.8, 4) is 11.5 Å². The monoisotopic (exact) mass is 403 g/mol. The summed E-state index contributed by atoms with van der Waals surface area (Å²) in [5, 5.41) is 0.557. The quantitative estimate of drug-likeness (QED) is 0.713. The van der Waals surface area contributed by atoms with Crippen molar-refractivity contribution in [2.24, 2.45) is 5.73 Å². The molecule has 100 valence electrons. The van der Waals surface area contributed by atoms with Gasteiger partial charge in [0, 0.05) is 15.0 Å². The molecule has 0 unspecified atom stereocenters. The minimum Gasteiger partial charge on any atom is -0.456 e. The van der Waals surface area contributed by atoms with Gasteiger partial charge < -0.3 is 10.5 Å². The second-order valence-corrected chi connectivity index (χ2v) is 6.33. The summed E-state index contributed by atoms with van der Waals surface area (Å²) in [5.41, 5.74) is 6.90. The third-order valence-corrected chi connectivity index (χ3v) is 4.06. The summed E-state index contributed by atoms with van der Waals surface area (Å²) in [6, 6.07) is 11.2. The molecule has 0 aliphatic carbocycles. The van der Waals surface area contributed by atoms with Crippen LogP contribution >= 0.6 is 43.5 Å². The van der Waals surface area contributed by atoms with Crippen molar-refractivity contribution >= 4 is 43.5 Å². The Balaban J connectivity index is 2.26. The first-order chi connectivity index (χ1) is 8.97. The Labute approximate surface area is 134 Å². The van der Waals surface area contributed by atoms with Crippen molar-refractivity contribution in [3.63, 3.8) is 0 Å². The van der Waals surface area contributed by atoms with E-state index in [0.29, 0.717) is 16.5 Å². The molecule has 2 N–H and O–H groups in total. The van der Waals surface area contributed by atoms with E-state index in [2.05, 4.69) is 31.9 Å². The van der Waals surface area contributed by atoms with E-state index in [9.17, 15) is 0 Å². The lowest BCUT2D eigenvalue weighted by Gasteiger charge is -2.12. The largest absolute Gasteiger partial charge is 0.456 e. The summed E-state index contributed by atoms with van der Waals surface area (Å²) in [4.78, 5) is 0. The van der Waals surface area contributed by atoms with Crippen LogP contribution in [0.5, 0.6) is 11.5 Å². The lowest BCUT2D eigenvalue weighted by atomic mass is 10.1. The van der Waals surface area contributed by atoms with Crippen molar-refractivity contribution in [2.75, 3.05) is 0 Å². The van der Waals surface area contributed by atoms with Gasteiger partial charge in [-0.05, 0) is 42.8 Å². The van der Waals surface area contributed by atoms with Gasteiger partial charge in [0.1, 0.15) is 11.5 Å². The molecule has 2 nitrogen and oxygen atoms in total. The SMILES string of the molecule is C[C@H](N)c1ccc(Oc2ccc(Br)cc2Cl)cc1Br. The zero-order valence-electron chi connectivity index (χ0n) is 10.2. The van der Waals surface area contributed by atoms with E-state index in [1.165, 1.54) is 0 Å². The van der Waals surface area contributed by atoms with Crippen molar-refractivity contribution in [1.29, 1.82) is 0 Å². The van der Waals surface area contributed by atoms with Gasteiger partial charge in [0.05, 0.1) is 5.02 Å². The molecule has 0 aromatic heterocycles. The number of ether oxygens (including phenoxy) is 1. The Morgan fingerprint density at radius 2 is 1.89 bits per heavy atom. The molecule has 19 heavy (non-hydrogen) atoms. The van der Waals surface area contributed by atoms with E-state index in [-0.39, 0.29) is 6.04 Å². The second-order valence-electron chi connectivity index (χ2n) is 4.15. The Bertz CT molecular complexity index is 602. The van der Waals surface area contributed by atoms with Gasteiger partial charge in [0.15, 0.2) is 0 Å². The standard InChI is InChI=1S/C14H12Br2ClNO/c1-8(18)11-4-3-10(7-12(11)16)19-14-5-2-9(15)6-13(14)17/h2-8H,18H2,1H3/t8-/m0/s1. The number of nitrogens with two attached hydrogens (primary N) is 1. The highest BCUT2D eigenvalue weighted by atomic mass is 79.9. The first-order valence-corrected chi connectivity index (χ1v) is 7.61. The Kier molecular flexibility index (Phi) is 4.90. The van der Waals surface area contributed by atoms with Crippen LogP contribution in [0.3, 0.4) is 0 Å². The minimum absolute atomic E-state index is 0.0281. The molecule has 0 radical (unpaired) electrons. The molecule has 2 aromatic rings. The number of hydrogen-bond acceptors (Lipinski definition) is 2. The summed E-state index contributed by atoms with van der Waals surface area (Å²) in [5.74, 6) is 1.32. The molecule has 0 saturated heterocycles. The van der Waals surface area contributed by atoms with Gasteiger partial charge in [0.2, 0.25) is 0 Å². The van der Waals surface area contributed by atoms with Crippen LogP contribution in [0.15, 0.2) is 45.3 Å². The predicted octanol–water partition coefficient (Wildman–Crippen LogP) is 5.68. The van der Waals surface area contributed by atoms with Crippen LogP contribution in [0.1, 0.15) is 18.5 Å². The molecule has 0 aliphatic heterocycles. The van der Waals surface area contributed by atoms with Crippen molar-refractivity contribution < 1.29 is 4.74 Å². The summed E-state index contributed by atoms with van der Waals surface area (Å²) < 4.78 is 7.60. The van der Waals surface area contributed by atoms with Crippen molar-refractivity contribution in [3.05, 3.63) is 55.9 Å². The molecule has 2 rings (SSSR count). The number of rotatable bonds is 3. The molecule has 0 heterocycles. The summed E-state index contributed by atoms with van der Waals surface area (Å²) in [7, 11) is 0. The van der Waals surface area contributed by atoms with Gasteiger partial charge in [-0.1, -0.05) is 49.5 Å². The molecule has 0 saturated carbocycles. The van der Waals surface area contributed by atoms with Crippen LogP contribution < -0.4 is 10.5 Å². The van der Waals surface area contributed by atoms with Gasteiger partial charge >= 0.3 is 0 Å². The average Bonchev–Trinajstić information content (AvgIpc) is 2.32. The van der Waals surface area contributed by atoms with Gasteiger partial charge in [-0.25, -0.2) is 0 Å². The summed E-state index contributed by atoms with van der Waals surface area (Å²) >= 11 is 13.0. The molecule has 2 aromatic carbocycles. The van der Waals surface area contributed by atoms with Gasteiger partial charge in [-0.3, -0.25) is 0 Å². The Morgan fingerprint density at radius 3 is 2.47 bits per heavy atom. The fraction of sp³-hybridized carbons (Fsp3) is 0.143. The Hall–Kier alpha value is -0.550. The van der Waals surface area contributed by atoms with Gasteiger partial charge in [0.25, 0.3) is 0 Å². The highest BCUT2D eigenvalue weighted by Crippen LogP contribution is 2.34. The van der Waals surface area contributed by atoms with Crippen LogP contribution in [0, 0.1) is 0 Å². The zero-order valence-corrected chi connectivity index (χ0v) is 14.1. The average molecular weight is 406 g/mol. The molecule has 5 heteroatoms. The molecule has 0 amide bonds. The Morgan fingerprint density at radius 1 is 1.16 bits per heavy atom. The lowest BCUT2D eigenvalue weighted by Crippen LogP contribution is -2.05. The third kappa shape index (κ3) is 3.72. The summed E-state index contributed by atoms with van der Waals surface area (Å²) in [6.45, 7) is 1.94. The smallest absolute Gasteiger partial charge is 0.146 e. The van der Waals surface area contributed by atoms with E-state index in [4.69, 9.17) is 22.1 Å². The highest BCUT2D eigenvalue weighted by molar-refractivity contribution is 9.10.